The SMILES string of the molecule is CCOC(=O)C1(C)C=CC(Br)=CN1. The number of allylic oxidation sites excluding steroid dienone is 2. The van der Waals surface area contributed by atoms with E-state index in [0.717, 1.165) is 4.48 Å². The van der Waals surface area contributed by atoms with Gasteiger partial charge in [0.15, 0.2) is 5.54 Å². The minimum Gasteiger partial charge on any atom is -0.464 e. The lowest BCUT2D eigenvalue weighted by Crippen LogP contribution is -2.47. The topological polar surface area (TPSA) is 38.3 Å². The minimum atomic E-state index is -0.729. The molecule has 1 rings (SSSR count). The summed E-state index contributed by atoms with van der Waals surface area (Å²) in [5, 5.41) is 2.96. The van der Waals surface area contributed by atoms with E-state index in [0.29, 0.717) is 6.61 Å². The van der Waals surface area contributed by atoms with Crippen LogP contribution < -0.4 is 5.32 Å². The Labute approximate surface area is 86.0 Å². The molecule has 0 fully saturated rings. The normalized spacial score (nSPS) is 26.2. The van der Waals surface area contributed by atoms with Gasteiger partial charge in [-0.2, -0.15) is 0 Å². The smallest absolute Gasteiger partial charge is 0.335 e. The highest BCUT2D eigenvalue weighted by atomic mass is 79.9. The highest BCUT2D eigenvalue weighted by Crippen LogP contribution is 2.18. The van der Waals surface area contributed by atoms with E-state index in [1.807, 2.05) is 6.08 Å². The molecule has 0 amide bonds. The first-order valence-electron chi connectivity index (χ1n) is 4.08. The first-order chi connectivity index (χ1) is 6.08. The molecular weight excluding hydrogens is 234 g/mol. The van der Waals surface area contributed by atoms with E-state index in [1.165, 1.54) is 0 Å². The summed E-state index contributed by atoms with van der Waals surface area (Å²) in [5.41, 5.74) is -0.729. The van der Waals surface area contributed by atoms with E-state index < -0.39 is 5.54 Å². The Balaban J connectivity index is 2.70. The number of rotatable bonds is 2. The molecule has 1 heterocycles. The van der Waals surface area contributed by atoms with Crippen LogP contribution in [0.25, 0.3) is 0 Å². The summed E-state index contributed by atoms with van der Waals surface area (Å²) in [6.45, 7) is 3.96. The lowest BCUT2D eigenvalue weighted by Gasteiger charge is -2.26. The van der Waals surface area contributed by atoms with Crippen molar-refractivity contribution < 1.29 is 9.53 Å². The largest absolute Gasteiger partial charge is 0.464 e. The van der Waals surface area contributed by atoms with E-state index in [9.17, 15) is 4.79 Å². The number of hydrogen-bond acceptors (Lipinski definition) is 3. The summed E-state index contributed by atoms with van der Waals surface area (Å²) in [5.74, 6) is -0.262. The predicted molar refractivity (Wildman–Crippen MR) is 54.3 cm³/mol. The highest BCUT2D eigenvalue weighted by Gasteiger charge is 2.32. The molecule has 0 aromatic carbocycles. The van der Waals surface area contributed by atoms with E-state index in [2.05, 4.69) is 21.2 Å². The van der Waals surface area contributed by atoms with Crippen LogP contribution in [0.5, 0.6) is 0 Å². The molecule has 4 heteroatoms. The Bertz CT molecular complexity index is 273. The van der Waals surface area contributed by atoms with Gasteiger partial charge in [0.05, 0.1) is 6.61 Å². The minimum absolute atomic E-state index is 0.262. The lowest BCUT2D eigenvalue weighted by molar-refractivity contribution is -0.148. The first kappa shape index (κ1) is 10.3. The summed E-state index contributed by atoms with van der Waals surface area (Å²) in [6.07, 6.45) is 5.33. The van der Waals surface area contributed by atoms with E-state index in [1.54, 1.807) is 26.1 Å². The molecule has 1 unspecified atom stereocenters. The number of carbonyl (C=O) groups excluding carboxylic acids is 1. The van der Waals surface area contributed by atoms with Crippen molar-refractivity contribution in [3.63, 3.8) is 0 Å². The Kier molecular flexibility index (Phi) is 3.14. The van der Waals surface area contributed by atoms with Crippen molar-refractivity contribution in [2.75, 3.05) is 6.61 Å². The van der Waals surface area contributed by atoms with Crippen molar-refractivity contribution in [3.05, 3.63) is 22.8 Å². The second-order valence-corrected chi connectivity index (χ2v) is 3.85. The van der Waals surface area contributed by atoms with Gasteiger partial charge in [-0.25, -0.2) is 4.79 Å². The molecule has 0 spiro atoms. The molecule has 0 aliphatic carbocycles. The Hall–Kier alpha value is -0.770. The third-order valence-corrected chi connectivity index (χ3v) is 2.28. The quantitative estimate of drug-likeness (QED) is 0.753. The van der Waals surface area contributed by atoms with Crippen LogP contribution in [0, 0.1) is 0 Å². The average Bonchev–Trinajstić information content (AvgIpc) is 2.11. The molecule has 13 heavy (non-hydrogen) atoms. The maximum atomic E-state index is 11.4. The number of carbonyl (C=O) groups is 1. The van der Waals surface area contributed by atoms with Crippen molar-refractivity contribution in [1.29, 1.82) is 0 Å². The molecule has 1 aliphatic rings. The number of dihydropyridines is 1. The van der Waals surface area contributed by atoms with Crippen molar-refractivity contribution in [3.8, 4) is 0 Å². The summed E-state index contributed by atoms with van der Waals surface area (Å²) in [4.78, 5) is 11.4. The van der Waals surface area contributed by atoms with Gasteiger partial charge >= 0.3 is 5.97 Å². The molecular formula is C9H12BrNO2. The van der Waals surface area contributed by atoms with E-state index in [-0.39, 0.29) is 5.97 Å². The molecule has 3 nitrogen and oxygen atoms in total. The summed E-state index contributed by atoms with van der Waals surface area (Å²) >= 11 is 3.29. The van der Waals surface area contributed by atoms with Crippen LogP contribution in [-0.2, 0) is 9.53 Å². The number of halogens is 1. The van der Waals surface area contributed by atoms with Gasteiger partial charge in [-0.1, -0.05) is 0 Å². The summed E-state index contributed by atoms with van der Waals surface area (Å²) < 4.78 is 5.83. The van der Waals surface area contributed by atoms with Gasteiger partial charge in [0.25, 0.3) is 0 Å². The fraction of sp³-hybridized carbons (Fsp3) is 0.444. The Morgan fingerprint density at radius 1 is 1.77 bits per heavy atom. The molecule has 0 aromatic heterocycles. The maximum absolute atomic E-state index is 11.4. The first-order valence-corrected chi connectivity index (χ1v) is 4.87. The fourth-order valence-electron chi connectivity index (χ4n) is 0.969. The van der Waals surface area contributed by atoms with Crippen molar-refractivity contribution >= 4 is 21.9 Å². The van der Waals surface area contributed by atoms with Crippen LogP contribution in [-0.4, -0.2) is 18.1 Å². The number of ether oxygens (including phenoxy) is 1. The van der Waals surface area contributed by atoms with Gasteiger partial charge in [-0.3, -0.25) is 0 Å². The standard InChI is InChI=1S/C9H12BrNO2/c1-3-13-8(12)9(2)5-4-7(10)6-11-9/h4-6,11H,3H2,1-2H3. The lowest BCUT2D eigenvalue weighted by atomic mass is 10.0. The molecule has 1 atom stereocenters. The third kappa shape index (κ3) is 2.34. The van der Waals surface area contributed by atoms with Crippen LogP contribution in [0.1, 0.15) is 13.8 Å². The Morgan fingerprint density at radius 3 is 2.92 bits per heavy atom. The number of hydrogen-bond donors (Lipinski definition) is 1. The van der Waals surface area contributed by atoms with Crippen LogP contribution in [0.3, 0.4) is 0 Å². The zero-order valence-corrected chi connectivity index (χ0v) is 9.22. The number of esters is 1. The van der Waals surface area contributed by atoms with Crippen LogP contribution in [0.4, 0.5) is 0 Å². The number of nitrogens with one attached hydrogen (secondary N) is 1. The molecule has 0 bridgehead atoms. The predicted octanol–water partition coefficient (Wildman–Crippen LogP) is 1.70. The maximum Gasteiger partial charge on any atom is 0.335 e. The van der Waals surface area contributed by atoms with Crippen molar-refractivity contribution in [1.82, 2.24) is 5.32 Å². The van der Waals surface area contributed by atoms with Crippen molar-refractivity contribution in [2.24, 2.45) is 0 Å². The molecule has 0 aromatic rings. The summed E-state index contributed by atoms with van der Waals surface area (Å²) in [7, 11) is 0. The fourth-order valence-corrected chi connectivity index (χ4v) is 1.22. The van der Waals surface area contributed by atoms with Gasteiger partial charge in [-0.05, 0) is 41.9 Å². The Morgan fingerprint density at radius 2 is 2.46 bits per heavy atom. The molecule has 72 valence electrons. The molecule has 0 radical (unpaired) electrons. The molecule has 0 saturated heterocycles. The van der Waals surface area contributed by atoms with Gasteiger partial charge in [0.2, 0.25) is 0 Å². The molecule has 1 N–H and O–H groups in total. The summed E-state index contributed by atoms with van der Waals surface area (Å²) in [6, 6.07) is 0. The monoisotopic (exact) mass is 245 g/mol. The zero-order valence-electron chi connectivity index (χ0n) is 7.63. The van der Waals surface area contributed by atoms with Gasteiger partial charge in [-0.15, -0.1) is 0 Å². The van der Waals surface area contributed by atoms with Crippen LogP contribution in [0.2, 0.25) is 0 Å². The van der Waals surface area contributed by atoms with Gasteiger partial charge < -0.3 is 10.1 Å². The molecule has 1 aliphatic heterocycles. The van der Waals surface area contributed by atoms with E-state index >= 15 is 0 Å². The van der Waals surface area contributed by atoms with Crippen LogP contribution in [0.15, 0.2) is 22.8 Å². The zero-order chi connectivity index (χ0) is 9.90. The van der Waals surface area contributed by atoms with Crippen LogP contribution >= 0.6 is 15.9 Å². The second-order valence-electron chi connectivity index (χ2n) is 2.93. The molecule has 0 saturated carbocycles. The second kappa shape index (κ2) is 3.96. The van der Waals surface area contributed by atoms with E-state index in [4.69, 9.17) is 4.74 Å². The van der Waals surface area contributed by atoms with Gasteiger partial charge in [0, 0.05) is 10.7 Å². The average molecular weight is 246 g/mol. The third-order valence-electron chi connectivity index (χ3n) is 1.79. The highest BCUT2D eigenvalue weighted by molar-refractivity contribution is 9.11. The van der Waals surface area contributed by atoms with Gasteiger partial charge in [0.1, 0.15) is 0 Å². The van der Waals surface area contributed by atoms with Crippen molar-refractivity contribution in [2.45, 2.75) is 19.4 Å².